The third-order valence-corrected chi connectivity index (χ3v) is 8.45. The number of hydrogen-bond acceptors (Lipinski definition) is 5. The van der Waals surface area contributed by atoms with Crippen molar-refractivity contribution in [3.8, 4) is 17.3 Å². The third kappa shape index (κ3) is 6.46. The first-order valence-electron chi connectivity index (χ1n) is 14.3. The number of hydrogen-bond donors (Lipinski definition) is 1. The van der Waals surface area contributed by atoms with Crippen molar-refractivity contribution >= 4 is 34.5 Å². The summed E-state index contributed by atoms with van der Waals surface area (Å²) in [7, 11) is 0. The summed E-state index contributed by atoms with van der Waals surface area (Å²) < 4.78 is 0. The lowest BCUT2D eigenvalue weighted by atomic mass is 9.90. The topological polar surface area (TPSA) is 107 Å². The first kappa shape index (κ1) is 29.3. The molecule has 7 nitrogen and oxygen atoms in total. The largest absolute Gasteiger partial charge is 0.481 e. The van der Waals surface area contributed by atoms with E-state index in [-0.39, 0.29) is 23.7 Å². The molecule has 0 spiro atoms. The number of amides is 1. The van der Waals surface area contributed by atoms with Gasteiger partial charge >= 0.3 is 5.97 Å². The van der Waals surface area contributed by atoms with Crippen molar-refractivity contribution in [3.63, 3.8) is 0 Å². The maximum atomic E-state index is 13.4. The van der Waals surface area contributed by atoms with E-state index in [0.29, 0.717) is 61.2 Å². The minimum Gasteiger partial charge on any atom is -0.481 e. The van der Waals surface area contributed by atoms with E-state index in [9.17, 15) is 14.7 Å². The summed E-state index contributed by atoms with van der Waals surface area (Å²) in [6, 6.07) is 15.5. The molecule has 2 fully saturated rings. The van der Waals surface area contributed by atoms with Crippen LogP contribution >= 0.6 is 11.6 Å². The number of likely N-dealkylation sites (tertiary alicyclic amines) is 1. The van der Waals surface area contributed by atoms with E-state index in [1.165, 1.54) is 0 Å². The number of carboxylic acid groups (broad SMARTS) is 1. The van der Waals surface area contributed by atoms with Crippen LogP contribution in [-0.4, -0.2) is 44.9 Å². The number of aromatic nitrogens is 2. The first-order chi connectivity index (χ1) is 20.4. The zero-order valence-electron chi connectivity index (χ0n) is 23.6. The molecule has 214 valence electrons. The SMILES string of the molecule is CC=C=C(/C=C\CC#N)C1CN(C(=O)c2ccc3nc(-c4cccc(CCl)c4)c(CC4CCC(C(=O)O)C4)nc3c2)C1. The molecule has 1 amide bonds. The second kappa shape index (κ2) is 13.2. The zero-order chi connectivity index (χ0) is 29.6. The number of fused-ring (bicyclic) bond motifs is 1. The van der Waals surface area contributed by atoms with Crippen molar-refractivity contribution in [2.45, 2.75) is 44.9 Å². The molecule has 5 rings (SSSR count). The average molecular weight is 581 g/mol. The van der Waals surface area contributed by atoms with Gasteiger partial charge in [0.1, 0.15) is 0 Å². The molecule has 1 aliphatic carbocycles. The number of halogens is 1. The number of nitrogens with zero attached hydrogens (tertiary/aromatic N) is 4. The second-order valence-electron chi connectivity index (χ2n) is 11.0. The van der Waals surface area contributed by atoms with Crippen LogP contribution in [0, 0.1) is 29.1 Å². The molecule has 1 aliphatic heterocycles. The van der Waals surface area contributed by atoms with Gasteiger partial charge in [-0.3, -0.25) is 9.59 Å². The number of carbonyl (C=O) groups excluding carboxylic acids is 1. The number of aliphatic carboxylic acids is 1. The molecule has 3 aromatic rings. The molecule has 2 atom stereocenters. The Labute approximate surface area is 250 Å². The predicted molar refractivity (Wildman–Crippen MR) is 163 cm³/mol. The predicted octanol–water partition coefficient (Wildman–Crippen LogP) is 6.72. The molecule has 0 radical (unpaired) electrons. The minimum absolute atomic E-state index is 0.0590. The van der Waals surface area contributed by atoms with Gasteiger partial charge in [-0.15, -0.1) is 17.3 Å². The molecule has 2 heterocycles. The van der Waals surface area contributed by atoms with Crippen molar-refractivity contribution in [1.29, 1.82) is 5.26 Å². The fraction of sp³-hybridized carbons (Fsp3) is 0.353. The second-order valence-corrected chi connectivity index (χ2v) is 11.3. The lowest BCUT2D eigenvalue weighted by Gasteiger charge is -2.39. The highest BCUT2D eigenvalue weighted by Crippen LogP contribution is 2.36. The number of rotatable bonds is 9. The first-order valence-corrected chi connectivity index (χ1v) is 14.9. The number of carboxylic acids is 1. The zero-order valence-corrected chi connectivity index (χ0v) is 24.3. The molecular weight excluding hydrogens is 548 g/mol. The molecule has 2 aliphatic rings. The van der Waals surface area contributed by atoms with Crippen molar-refractivity contribution in [1.82, 2.24) is 14.9 Å². The Kier molecular flexibility index (Phi) is 9.17. The number of nitriles is 1. The molecule has 1 aromatic heterocycles. The number of carbonyl (C=O) groups is 2. The van der Waals surface area contributed by atoms with Crippen LogP contribution < -0.4 is 0 Å². The van der Waals surface area contributed by atoms with E-state index in [1.54, 1.807) is 6.07 Å². The fourth-order valence-electron chi connectivity index (χ4n) is 5.89. The highest BCUT2D eigenvalue weighted by molar-refractivity contribution is 6.17. The Bertz CT molecular complexity index is 1640. The fourth-order valence-corrected chi connectivity index (χ4v) is 6.05. The standard InChI is InChI=1S/C34H33ClN4O3/c1-2-6-24(8-3-4-14-36)28-20-39(21-28)33(40)26-12-13-29-30(18-26)37-31(17-22-10-11-27(15-22)34(41)42)32(38-29)25-9-5-7-23(16-25)19-35/h2-3,5,7-9,12-13,16,18,22,27-28H,4,10-11,15,17,19-21H2,1H3,(H,41,42)/b8-3-. The Balaban J connectivity index is 1.41. The molecule has 8 heteroatoms. The van der Waals surface area contributed by atoms with Gasteiger partial charge in [-0.2, -0.15) is 5.26 Å². The lowest BCUT2D eigenvalue weighted by Crippen LogP contribution is -2.50. The molecule has 2 aromatic carbocycles. The number of benzene rings is 2. The number of alkyl halides is 1. The Morgan fingerprint density at radius 1 is 1.12 bits per heavy atom. The summed E-state index contributed by atoms with van der Waals surface area (Å²) in [5.74, 6) is -0.341. The van der Waals surface area contributed by atoms with E-state index in [1.807, 2.05) is 66.4 Å². The summed E-state index contributed by atoms with van der Waals surface area (Å²) in [6.07, 6.45) is 8.69. The average Bonchev–Trinajstić information content (AvgIpc) is 3.45. The van der Waals surface area contributed by atoms with Gasteiger partial charge in [0.15, 0.2) is 0 Å². The molecule has 0 bridgehead atoms. The molecule has 1 saturated carbocycles. The molecule has 2 unspecified atom stereocenters. The van der Waals surface area contributed by atoms with Crippen LogP contribution in [0.2, 0.25) is 0 Å². The van der Waals surface area contributed by atoms with Crippen molar-refractivity contribution in [2.24, 2.45) is 17.8 Å². The molecule has 42 heavy (non-hydrogen) atoms. The summed E-state index contributed by atoms with van der Waals surface area (Å²) in [5, 5.41) is 18.3. The maximum absolute atomic E-state index is 13.4. The van der Waals surface area contributed by atoms with E-state index in [4.69, 9.17) is 26.8 Å². The summed E-state index contributed by atoms with van der Waals surface area (Å²) in [6.45, 7) is 3.08. The van der Waals surface area contributed by atoms with Gasteiger partial charge in [-0.05, 0) is 80.0 Å². The van der Waals surface area contributed by atoms with Crippen LogP contribution in [-0.2, 0) is 17.1 Å². The normalized spacial score (nSPS) is 18.5. The highest BCUT2D eigenvalue weighted by Gasteiger charge is 2.33. The van der Waals surface area contributed by atoms with Crippen molar-refractivity contribution in [2.75, 3.05) is 13.1 Å². The Hall–Kier alpha value is -4.24. The molecular formula is C34H33ClN4O3. The van der Waals surface area contributed by atoms with Crippen molar-refractivity contribution in [3.05, 3.63) is 88.8 Å². The lowest BCUT2D eigenvalue weighted by molar-refractivity contribution is -0.141. The van der Waals surface area contributed by atoms with Crippen LogP contribution in [0.5, 0.6) is 0 Å². The van der Waals surface area contributed by atoms with Gasteiger partial charge in [0.2, 0.25) is 0 Å². The Morgan fingerprint density at radius 2 is 1.95 bits per heavy atom. The summed E-state index contributed by atoms with van der Waals surface area (Å²) in [4.78, 5) is 36.8. The monoisotopic (exact) mass is 580 g/mol. The van der Waals surface area contributed by atoms with E-state index in [0.717, 1.165) is 34.5 Å². The van der Waals surface area contributed by atoms with Gasteiger partial charge in [-0.25, -0.2) is 9.97 Å². The quantitative estimate of drug-likeness (QED) is 0.171. The highest BCUT2D eigenvalue weighted by atomic mass is 35.5. The summed E-state index contributed by atoms with van der Waals surface area (Å²) >= 11 is 6.12. The van der Waals surface area contributed by atoms with Crippen LogP contribution in [0.15, 0.2) is 72.0 Å². The minimum atomic E-state index is -0.736. The van der Waals surface area contributed by atoms with Crippen LogP contribution in [0.1, 0.15) is 54.2 Å². The van der Waals surface area contributed by atoms with Gasteiger partial charge in [0.05, 0.1) is 40.8 Å². The van der Waals surface area contributed by atoms with Crippen LogP contribution in [0.4, 0.5) is 0 Å². The van der Waals surface area contributed by atoms with Gasteiger partial charge in [-0.1, -0.05) is 30.4 Å². The van der Waals surface area contributed by atoms with Crippen LogP contribution in [0.3, 0.4) is 0 Å². The maximum Gasteiger partial charge on any atom is 0.306 e. The smallest absolute Gasteiger partial charge is 0.306 e. The van der Waals surface area contributed by atoms with Crippen molar-refractivity contribution < 1.29 is 14.7 Å². The van der Waals surface area contributed by atoms with E-state index >= 15 is 0 Å². The third-order valence-electron chi connectivity index (χ3n) is 8.14. The van der Waals surface area contributed by atoms with Crippen LogP contribution in [0.25, 0.3) is 22.3 Å². The van der Waals surface area contributed by atoms with Gasteiger partial charge in [0, 0.05) is 36.0 Å². The molecule has 1 N–H and O–H groups in total. The number of allylic oxidation sites excluding steroid dienone is 2. The summed E-state index contributed by atoms with van der Waals surface area (Å²) in [5.41, 5.74) is 9.61. The molecule has 1 saturated heterocycles. The van der Waals surface area contributed by atoms with Gasteiger partial charge < -0.3 is 10.0 Å². The van der Waals surface area contributed by atoms with E-state index in [2.05, 4.69) is 11.8 Å². The van der Waals surface area contributed by atoms with Gasteiger partial charge in [0.25, 0.3) is 5.91 Å². The van der Waals surface area contributed by atoms with E-state index < -0.39 is 5.97 Å². The Morgan fingerprint density at radius 3 is 2.67 bits per heavy atom.